The van der Waals surface area contributed by atoms with Gasteiger partial charge in [0.25, 0.3) is 10.1 Å². The van der Waals surface area contributed by atoms with Crippen molar-refractivity contribution in [2.24, 2.45) is 0 Å². The third-order valence-corrected chi connectivity index (χ3v) is 1.24. The van der Waals surface area contributed by atoms with Gasteiger partial charge in [0.05, 0.1) is 7.11 Å². The van der Waals surface area contributed by atoms with Crippen LogP contribution in [-0.4, -0.2) is 26.6 Å². The average molecular weight is 126 g/mol. The first-order valence-corrected chi connectivity index (χ1v) is 3.09. The first kappa shape index (κ1) is 6.87. The summed E-state index contributed by atoms with van der Waals surface area (Å²) < 4.78 is 23.6. The van der Waals surface area contributed by atoms with Crippen LogP contribution >= 0.6 is 0 Å². The molecule has 0 radical (unpaired) electrons. The number of rotatable bonds is 2. The smallest absolute Gasteiger partial charge is 0.291 e. The Morgan fingerprint density at radius 3 is 2.14 bits per heavy atom. The molecule has 0 amide bonds. The van der Waals surface area contributed by atoms with E-state index in [-0.39, 0.29) is 0 Å². The van der Waals surface area contributed by atoms with E-state index in [1.165, 1.54) is 0 Å². The topological polar surface area (TPSA) is 63.6 Å². The summed E-state index contributed by atoms with van der Waals surface area (Å²) in [7, 11) is -2.61. The molecule has 0 aliphatic heterocycles. The second-order valence-corrected chi connectivity index (χ2v) is 2.56. The van der Waals surface area contributed by atoms with Crippen LogP contribution in [0.3, 0.4) is 0 Å². The zero-order valence-corrected chi connectivity index (χ0v) is 4.60. The molecule has 0 fully saturated rings. The molecule has 44 valence electrons. The van der Waals surface area contributed by atoms with Crippen LogP contribution in [0.25, 0.3) is 0 Å². The van der Waals surface area contributed by atoms with Gasteiger partial charge in [0.1, 0.15) is 0 Å². The second kappa shape index (κ2) is 2.25. The van der Waals surface area contributed by atoms with Gasteiger partial charge in [0, 0.05) is 0 Å². The Balaban J connectivity index is 3.89. The SMILES string of the molecule is COS(=O)(=O)CO. The van der Waals surface area contributed by atoms with Gasteiger partial charge in [0.2, 0.25) is 0 Å². The predicted molar refractivity (Wildman–Crippen MR) is 23.0 cm³/mol. The zero-order valence-electron chi connectivity index (χ0n) is 3.79. The van der Waals surface area contributed by atoms with Crippen molar-refractivity contribution < 1.29 is 17.7 Å². The summed E-state index contributed by atoms with van der Waals surface area (Å²) in [6.45, 7) is 0. The van der Waals surface area contributed by atoms with Gasteiger partial charge in [-0.2, -0.15) is 8.42 Å². The van der Waals surface area contributed by atoms with E-state index >= 15 is 0 Å². The highest BCUT2D eigenvalue weighted by Gasteiger charge is 2.01. The Bertz CT molecular complexity index is 113. The summed E-state index contributed by atoms with van der Waals surface area (Å²) in [5.74, 6) is -0.955. The average Bonchev–Trinajstić information content (AvgIpc) is 1.68. The maximum absolute atomic E-state index is 9.90. The van der Waals surface area contributed by atoms with Crippen molar-refractivity contribution in [3.63, 3.8) is 0 Å². The quantitative estimate of drug-likeness (QED) is 0.477. The van der Waals surface area contributed by atoms with E-state index in [2.05, 4.69) is 4.18 Å². The fourth-order valence-corrected chi connectivity index (χ4v) is 0.158. The molecule has 0 rings (SSSR count). The van der Waals surface area contributed by atoms with E-state index in [1.54, 1.807) is 0 Å². The molecule has 0 unspecified atom stereocenters. The van der Waals surface area contributed by atoms with Crippen LogP contribution in [-0.2, 0) is 14.3 Å². The molecule has 5 heteroatoms. The Morgan fingerprint density at radius 2 is 2.14 bits per heavy atom. The lowest BCUT2D eigenvalue weighted by Gasteiger charge is -1.90. The fourth-order valence-electron chi connectivity index (χ4n) is 0.0527. The van der Waals surface area contributed by atoms with Crippen molar-refractivity contribution in [3.8, 4) is 0 Å². The van der Waals surface area contributed by atoms with E-state index in [1.807, 2.05) is 0 Å². The minimum atomic E-state index is -3.60. The highest BCUT2D eigenvalue weighted by Crippen LogP contribution is 1.82. The van der Waals surface area contributed by atoms with Crippen LogP contribution in [0.5, 0.6) is 0 Å². The molecular weight excluding hydrogens is 120 g/mol. The largest absolute Gasteiger partial charge is 0.378 e. The lowest BCUT2D eigenvalue weighted by Crippen LogP contribution is -2.05. The van der Waals surface area contributed by atoms with Crippen LogP contribution < -0.4 is 0 Å². The molecule has 0 atom stereocenters. The number of aliphatic hydroxyl groups excluding tert-OH is 1. The van der Waals surface area contributed by atoms with Crippen LogP contribution in [0.4, 0.5) is 0 Å². The Morgan fingerprint density at radius 1 is 1.71 bits per heavy atom. The van der Waals surface area contributed by atoms with Crippen molar-refractivity contribution in [1.82, 2.24) is 0 Å². The first-order valence-electron chi connectivity index (χ1n) is 1.51. The van der Waals surface area contributed by atoms with Gasteiger partial charge in [-0.15, -0.1) is 0 Å². The molecule has 0 saturated carbocycles. The monoisotopic (exact) mass is 126 g/mol. The molecule has 0 saturated heterocycles. The molecule has 0 heterocycles. The van der Waals surface area contributed by atoms with Crippen LogP contribution in [0.2, 0.25) is 0 Å². The van der Waals surface area contributed by atoms with Crippen molar-refractivity contribution in [3.05, 3.63) is 0 Å². The third-order valence-electron chi connectivity index (χ3n) is 0.412. The summed E-state index contributed by atoms with van der Waals surface area (Å²) in [4.78, 5) is 0. The highest BCUT2D eigenvalue weighted by molar-refractivity contribution is 7.86. The molecule has 0 aromatic rings. The molecule has 0 bridgehead atoms. The molecule has 0 aliphatic carbocycles. The lowest BCUT2D eigenvalue weighted by atomic mass is 11.7. The standard InChI is InChI=1S/C2H6O4S/c1-6-7(4,5)2-3/h3H,2H2,1H3. The lowest BCUT2D eigenvalue weighted by molar-refractivity contribution is 0.315. The van der Waals surface area contributed by atoms with Gasteiger partial charge in [-0.25, -0.2) is 0 Å². The number of hydrogen-bond donors (Lipinski definition) is 1. The molecule has 0 aromatic carbocycles. The Kier molecular flexibility index (Phi) is 2.21. The highest BCUT2D eigenvalue weighted by atomic mass is 32.2. The summed E-state index contributed by atoms with van der Waals surface area (Å²) in [5.41, 5.74) is 0. The summed E-state index contributed by atoms with van der Waals surface area (Å²) >= 11 is 0. The number of hydrogen-bond acceptors (Lipinski definition) is 4. The summed E-state index contributed by atoms with van der Waals surface area (Å²) in [6, 6.07) is 0. The Labute approximate surface area is 41.8 Å². The fraction of sp³-hybridized carbons (Fsp3) is 1.00. The van der Waals surface area contributed by atoms with E-state index < -0.39 is 16.1 Å². The van der Waals surface area contributed by atoms with E-state index in [0.29, 0.717) is 0 Å². The summed E-state index contributed by atoms with van der Waals surface area (Å²) in [6.07, 6.45) is 0. The third kappa shape index (κ3) is 2.55. The number of aliphatic hydroxyl groups is 1. The maximum Gasteiger partial charge on any atom is 0.291 e. The van der Waals surface area contributed by atoms with Crippen LogP contribution in [0.1, 0.15) is 0 Å². The minimum Gasteiger partial charge on any atom is -0.378 e. The maximum atomic E-state index is 9.90. The Hall–Kier alpha value is -0.130. The molecule has 7 heavy (non-hydrogen) atoms. The van der Waals surface area contributed by atoms with E-state index in [0.717, 1.165) is 7.11 Å². The summed E-state index contributed by atoms with van der Waals surface area (Å²) in [5, 5.41) is 7.88. The van der Waals surface area contributed by atoms with Gasteiger partial charge in [-0.3, -0.25) is 4.18 Å². The van der Waals surface area contributed by atoms with Gasteiger partial charge < -0.3 is 5.11 Å². The molecular formula is C2H6O4S. The molecule has 0 aliphatic rings. The van der Waals surface area contributed by atoms with E-state index in [9.17, 15) is 8.42 Å². The van der Waals surface area contributed by atoms with Gasteiger partial charge in [0.15, 0.2) is 5.94 Å². The van der Waals surface area contributed by atoms with Gasteiger partial charge >= 0.3 is 0 Å². The predicted octanol–water partition coefficient (Wildman–Crippen LogP) is -1.09. The second-order valence-electron chi connectivity index (χ2n) is 0.853. The van der Waals surface area contributed by atoms with Gasteiger partial charge in [-0.1, -0.05) is 0 Å². The minimum absolute atomic E-state index is 0.955. The van der Waals surface area contributed by atoms with Crippen molar-refractivity contribution in [1.29, 1.82) is 0 Å². The van der Waals surface area contributed by atoms with Gasteiger partial charge in [-0.05, 0) is 0 Å². The normalized spacial score (nSPS) is 11.7. The molecule has 4 nitrogen and oxygen atoms in total. The first-order chi connectivity index (χ1) is 3.12. The zero-order chi connectivity index (χ0) is 5.91. The van der Waals surface area contributed by atoms with Crippen molar-refractivity contribution >= 4 is 10.1 Å². The molecule has 0 aromatic heterocycles. The van der Waals surface area contributed by atoms with Crippen molar-refractivity contribution in [2.45, 2.75) is 0 Å². The van der Waals surface area contributed by atoms with Crippen molar-refractivity contribution in [2.75, 3.05) is 13.0 Å². The van der Waals surface area contributed by atoms with Crippen LogP contribution in [0.15, 0.2) is 0 Å². The van der Waals surface area contributed by atoms with E-state index in [4.69, 9.17) is 5.11 Å². The molecule has 1 N–H and O–H groups in total. The molecule has 0 spiro atoms. The van der Waals surface area contributed by atoms with Crippen LogP contribution in [0, 0.1) is 0 Å².